The van der Waals surface area contributed by atoms with Crippen molar-refractivity contribution in [3.8, 4) is 5.75 Å². The predicted molar refractivity (Wildman–Crippen MR) is 54.2 cm³/mol. The molecule has 0 heterocycles. The first kappa shape index (κ1) is 9.25. The van der Waals surface area contributed by atoms with Crippen LogP contribution in [0.4, 0.5) is 0 Å². The normalized spacial score (nSPS) is 30.8. The second-order valence-electron chi connectivity index (χ2n) is 4.34. The van der Waals surface area contributed by atoms with E-state index in [9.17, 15) is 9.90 Å². The molecule has 0 atom stereocenters. The molecule has 0 unspecified atom stereocenters. The molecule has 2 nitrogen and oxygen atoms in total. The minimum Gasteiger partial charge on any atom is -0.508 e. The molecular formula is C12H14O2. The molecule has 74 valence electrons. The van der Waals surface area contributed by atoms with Crippen LogP contribution in [-0.4, -0.2) is 11.4 Å². The van der Waals surface area contributed by atoms with Crippen molar-refractivity contribution < 1.29 is 9.90 Å². The molecule has 1 aliphatic rings. The summed E-state index contributed by atoms with van der Waals surface area (Å²) < 4.78 is 0. The Bertz CT molecular complexity index is 351. The van der Waals surface area contributed by atoms with Gasteiger partial charge in [-0.1, -0.05) is 19.1 Å². The van der Waals surface area contributed by atoms with E-state index in [2.05, 4.69) is 6.92 Å². The topological polar surface area (TPSA) is 37.3 Å². The minimum atomic E-state index is -0.321. The van der Waals surface area contributed by atoms with E-state index in [0.29, 0.717) is 5.92 Å². The molecule has 2 rings (SSSR count). The van der Waals surface area contributed by atoms with E-state index in [1.54, 1.807) is 18.2 Å². The lowest BCUT2D eigenvalue weighted by atomic mass is 9.60. The van der Waals surface area contributed by atoms with Gasteiger partial charge in [-0.2, -0.15) is 0 Å². The fourth-order valence-electron chi connectivity index (χ4n) is 2.40. The number of carbonyl (C=O) groups is 1. The summed E-state index contributed by atoms with van der Waals surface area (Å²) in [5.74, 6) is 0.853. The van der Waals surface area contributed by atoms with Gasteiger partial charge < -0.3 is 9.90 Å². The Hall–Kier alpha value is -1.31. The molecule has 14 heavy (non-hydrogen) atoms. The Kier molecular flexibility index (Phi) is 2.06. The van der Waals surface area contributed by atoms with Crippen LogP contribution in [0.15, 0.2) is 24.3 Å². The zero-order chi connectivity index (χ0) is 10.2. The van der Waals surface area contributed by atoms with Crippen molar-refractivity contribution >= 4 is 6.29 Å². The van der Waals surface area contributed by atoms with Crippen LogP contribution in [0.1, 0.15) is 25.3 Å². The summed E-state index contributed by atoms with van der Waals surface area (Å²) >= 11 is 0. The van der Waals surface area contributed by atoms with E-state index in [0.717, 1.165) is 24.7 Å². The molecule has 1 aromatic carbocycles. The van der Waals surface area contributed by atoms with E-state index in [1.165, 1.54) is 0 Å². The number of carbonyl (C=O) groups excluding carboxylic acids is 1. The Morgan fingerprint density at radius 2 is 2.21 bits per heavy atom. The second-order valence-corrected chi connectivity index (χ2v) is 4.34. The minimum absolute atomic E-state index is 0.239. The Morgan fingerprint density at radius 1 is 1.50 bits per heavy atom. The predicted octanol–water partition coefficient (Wildman–Crippen LogP) is 2.26. The summed E-state index contributed by atoms with van der Waals surface area (Å²) in [6.07, 6.45) is 2.84. The number of aromatic hydroxyl groups is 1. The SMILES string of the molecule is CC1CC(C=O)(c2cccc(O)c2)C1. The van der Waals surface area contributed by atoms with Gasteiger partial charge in [-0.15, -0.1) is 0 Å². The van der Waals surface area contributed by atoms with Crippen molar-refractivity contribution in [1.82, 2.24) is 0 Å². The molecule has 0 spiro atoms. The highest BCUT2D eigenvalue weighted by Gasteiger charge is 2.43. The maximum absolute atomic E-state index is 11.1. The van der Waals surface area contributed by atoms with Crippen molar-refractivity contribution in [1.29, 1.82) is 0 Å². The summed E-state index contributed by atoms with van der Waals surface area (Å²) in [6.45, 7) is 2.14. The molecule has 0 bridgehead atoms. The first-order valence-corrected chi connectivity index (χ1v) is 4.92. The third-order valence-corrected chi connectivity index (χ3v) is 3.07. The van der Waals surface area contributed by atoms with Gasteiger partial charge in [-0.3, -0.25) is 0 Å². The van der Waals surface area contributed by atoms with Gasteiger partial charge in [0, 0.05) is 0 Å². The standard InChI is InChI=1S/C12H14O2/c1-9-6-12(7-9,8-13)10-3-2-4-11(14)5-10/h2-5,8-9,14H,6-7H2,1H3. The number of rotatable bonds is 2. The summed E-state index contributed by atoms with van der Waals surface area (Å²) in [4.78, 5) is 11.1. The highest BCUT2D eigenvalue weighted by molar-refractivity contribution is 5.70. The number of phenolic OH excluding ortho intramolecular Hbond substituents is 1. The lowest BCUT2D eigenvalue weighted by Crippen LogP contribution is -2.41. The molecule has 0 aromatic heterocycles. The van der Waals surface area contributed by atoms with Crippen molar-refractivity contribution in [2.75, 3.05) is 0 Å². The molecule has 1 aromatic rings. The Morgan fingerprint density at radius 3 is 2.71 bits per heavy atom. The molecule has 1 saturated carbocycles. The number of benzene rings is 1. The fraction of sp³-hybridized carbons (Fsp3) is 0.417. The van der Waals surface area contributed by atoms with E-state index < -0.39 is 0 Å². The fourth-order valence-corrected chi connectivity index (χ4v) is 2.40. The zero-order valence-corrected chi connectivity index (χ0v) is 8.23. The quantitative estimate of drug-likeness (QED) is 0.726. The zero-order valence-electron chi connectivity index (χ0n) is 8.23. The van der Waals surface area contributed by atoms with Gasteiger partial charge in [0.05, 0.1) is 5.41 Å². The van der Waals surface area contributed by atoms with Gasteiger partial charge in [-0.05, 0) is 36.5 Å². The van der Waals surface area contributed by atoms with Crippen LogP contribution >= 0.6 is 0 Å². The molecule has 0 aliphatic heterocycles. The van der Waals surface area contributed by atoms with Crippen LogP contribution in [0.2, 0.25) is 0 Å². The molecule has 1 fully saturated rings. The average Bonchev–Trinajstić information content (AvgIpc) is 2.12. The van der Waals surface area contributed by atoms with Gasteiger partial charge in [0.15, 0.2) is 0 Å². The monoisotopic (exact) mass is 190 g/mol. The smallest absolute Gasteiger partial charge is 0.130 e. The maximum Gasteiger partial charge on any atom is 0.130 e. The van der Waals surface area contributed by atoms with Gasteiger partial charge in [0.1, 0.15) is 12.0 Å². The largest absolute Gasteiger partial charge is 0.508 e. The van der Waals surface area contributed by atoms with E-state index in [-0.39, 0.29) is 11.2 Å². The molecule has 1 aliphatic carbocycles. The molecule has 0 saturated heterocycles. The van der Waals surface area contributed by atoms with Crippen molar-refractivity contribution in [2.45, 2.75) is 25.2 Å². The van der Waals surface area contributed by atoms with Gasteiger partial charge in [0.25, 0.3) is 0 Å². The number of aldehydes is 1. The van der Waals surface area contributed by atoms with Crippen LogP contribution in [0.3, 0.4) is 0 Å². The number of hydrogen-bond acceptors (Lipinski definition) is 2. The number of phenols is 1. The van der Waals surface area contributed by atoms with Crippen LogP contribution in [0.5, 0.6) is 5.75 Å². The van der Waals surface area contributed by atoms with Crippen LogP contribution < -0.4 is 0 Å². The van der Waals surface area contributed by atoms with E-state index >= 15 is 0 Å². The molecule has 2 heteroatoms. The van der Waals surface area contributed by atoms with E-state index in [1.807, 2.05) is 6.07 Å². The molecule has 0 radical (unpaired) electrons. The maximum atomic E-state index is 11.1. The van der Waals surface area contributed by atoms with Gasteiger partial charge in [0.2, 0.25) is 0 Å². The van der Waals surface area contributed by atoms with Crippen molar-refractivity contribution in [3.63, 3.8) is 0 Å². The molecule has 1 N–H and O–H groups in total. The summed E-state index contributed by atoms with van der Waals surface area (Å²) in [7, 11) is 0. The Labute approximate surface area is 83.6 Å². The van der Waals surface area contributed by atoms with E-state index in [4.69, 9.17) is 0 Å². The molecule has 0 amide bonds. The highest BCUT2D eigenvalue weighted by atomic mass is 16.3. The lowest BCUT2D eigenvalue weighted by Gasteiger charge is -2.42. The third kappa shape index (κ3) is 1.31. The first-order valence-electron chi connectivity index (χ1n) is 4.92. The summed E-state index contributed by atoms with van der Waals surface area (Å²) in [6, 6.07) is 7.03. The summed E-state index contributed by atoms with van der Waals surface area (Å²) in [5, 5.41) is 9.34. The van der Waals surface area contributed by atoms with Crippen LogP contribution in [0, 0.1) is 5.92 Å². The number of hydrogen-bond donors (Lipinski definition) is 1. The van der Waals surface area contributed by atoms with Gasteiger partial charge in [-0.25, -0.2) is 0 Å². The first-order chi connectivity index (χ1) is 6.66. The van der Waals surface area contributed by atoms with Crippen molar-refractivity contribution in [3.05, 3.63) is 29.8 Å². The van der Waals surface area contributed by atoms with Crippen molar-refractivity contribution in [2.24, 2.45) is 5.92 Å². The van der Waals surface area contributed by atoms with Crippen LogP contribution in [-0.2, 0) is 10.2 Å². The Balaban J connectivity index is 2.33. The summed E-state index contributed by atoms with van der Waals surface area (Å²) in [5.41, 5.74) is 0.628. The van der Waals surface area contributed by atoms with Gasteiger partial charge >= 0.3 is 0 Å². The molecular weight excluding hydrogens is 176 g/mol. The lowest BCUT2D eigenvalue weighted by molar-refractivity contribution is -0.116. The third-order valence-electron chi connectivity index (χ3n) is 3.07. The van der Waals surface area contributed by atoms with Crippen LogP contribution in [0.25, 0.3) is 0 Å². The second kappa shape index (κ2) is 3.12. The average molecular weight is 190 g/mol. The highest BCUT2D eigenvalue weighted by Crippen LogP contribution is 2.46.